The first-order valence-corrected chi connectivity index (χ1v) is 9.96. The first-order chi connectivity index (χ1) is 13.0. The summed E-state index contributed by atoms with van der Waals surface area (Å²) in [5.41, 5.74) is 5.23. The van der Waals surface area contributed by atoms with Crippen LogP contribution in [0, 0.1) is 5.92 Å². The zero-order valence-corrected chi connectivity index (χ0v) is 16.9. The molecule has 0 aromatic rings. The van der Waals surface area contributed by atoms with Gasteiger partial charge >= 0.3 is 11.9 Å². The molecule has 0 bridgehead atoms. The summed E-state index contributed by atoms with van der Waals surface area (Å²) >= 11 is 1.43. The average Bonchev–Trinajstić information content (AvgIpc) is 2.60. The van der Waals surface area contributed by atoms with Gasteiger partial charge in [0.1, 0.15) is 18.1 Å². The molecular weight excluding hydrogens is 392 g/mol. The van der Waals surface area contributed by atoms with Crippen molar-refractivity contribution >= 4 is 41.4 Å². The standard InChI is InChI=1S/C16H28N4O7S/c1-8(2)13(16(26)27)20-15(25)10(6-12(22)23)19-14(24)9(4-5-28-3)18-11(21)7-17/h8-10,13H,4-7,17H2,1-3H3,(H,18,21)(H,19,24)(H,20,25)(H,22,23)(H,26,27). The van der Waals surface area contributed by atoms with Gasteiger partial charge in [-0.25, -0.2) is 4.79 Å². The lowest BCUT2D eigenvalue weighted by Crippen LogP contribution is -2.57. The summed E-state index contributed by atoms with van der Waals surface area (Å²) < 4.78 is 0. The molecule has 3 amide bonds. The number of amides is 3. The van der Waals surface area contributed by atoms with Crippen LogP contribution in [0.3, 0.4) is 0 Å². The van der Waals surface area contributed by atoms with Crippen LogP contribution in [-0.2, 0) is 24.0 Å². The zero-order valence-electron chi connectivity index (χ0n) is 16.1. The second-order valence-electron chi connectivity index (χ2n) is 6.33. The highest BCUT2D eigenvalue weighted by atomic mass is 32.2. The molecule has 0 fully saturated rings. The molecule has 160 valence electrons. The topological polar surface area (TPSA) is 188 Å². The monoisotopic (exact) mass is 420 g/mol. The quantitative estimate of drug-likeness (QED) is 0.203. The number of nitrogens with one attached hydrogen (secondary N) is 3. The third-order valence-corrected chi connectivity index (χ3v) is 4.33. The molecule has 0 radical (unpaired) electrons. The van der Waals surface area contributed by atoms with E-state index in [1.807, 2.05) is 0 Å². The van der Waals surface area contributed by atoms with E-state index >= 15 is 0 Å². The summed E-state index contributed by atoms with van der Waals surface area (Å²) in [6.45, 7) is 2.81. The van der Waals surface area contributed by atoms with Crippen LogP contribution >= 0.6 is 11.8 Å². The van der Waals surface area contributed by atoms with Crippen molar-refractivity contribution in [2.45, 2.75) is 44.8 Å². The number of carbonyl (C=O) groups is 5. The van der Waals surface area contributed by atoms with Gasteiger partial charge in [0, 0.05) is 0 Å². The Morgan fingerprint density at radius 3 is 1.96 bits per heavy atom. The molecule has 0 saturated heterocycles. The van der Waals surface area contributed by atoms with Crippen LogP contribution in [0.15, 0.2) is 0 Å². The van der Waals surface area contributed by atoms with E-state index in [-0.39, 0.29) is 13.0 Å². The lowest BCUT2D eigenvalue weighted by Gasteiger charge is -2.24. The maximum absolute atomic E-state index is 12.5. The number of carboxylic acids is 2. The van der Waals surface area contributed by atoms with Crippen LogP contribution in [0.4, 0.5) is 0 Å². The normalized spacial score (nSPS) is 13.9. The van der Waals surface area contributed by atoms with Crippen LogP contribution in [0.1, 0.15) is 26.7 Å². The predicted molar refractivity (Wildman–Crippen MR) is 103 cm³/mol. The number of rotatable bonds is 13. The minimum atomic E-state index is -1.50. The van der Waals surface area contributed by atoms with E-state index in [0.29, 0.717) is 5.75 Å². The summed E-state index contributed by atoms with van der Waals surface area (Å²) in [6.07, 6.45) is 1.30. The summed E-state index contributed by atoms with van der Waals surface area (Å²) in [7, 11) is 0. The van der Waals surface area contributed by atoms with E-state index in [1.54, 1.807) is 20.1 Å². The molecule has 0 saturated carbocycles. The smallest absolute Gasteiger partial charge is 0.326 e. The van der Waals surface area contributed by atoms with Gasteiger partial charge in [-0.05, 0) is 24.3 Å². The second-order valence-corrected chi connectivity index (χ2v) is 7.32. The van der Waals surface area contributed by atoms with E-state index in [1.165, 1.54) is 11.8 Å². The molecule has 0 heterocycles. The first-order valence-electron chi connectivity index (χ1n) is 8.57. The molecule has 0 rings (SSSR count). The van der Waals surface area contributed by atoms with Crippen molar-refractivity contribution in [2.75, 3.05) is 18.6 Å². The Labute approximate surface area is 167 Å². The van der Waals surface area contributed by atoms with Gasteiger partial charge < -0.3 is 31.9 Å². The Hall–Kier alpha value is -2.34. The number of carboxylic acid groups (broad SMARTS) is 2. The summed E-state index contributed by atoms with van der Waals surface area (Å²) in [4.78, 5) is 58.7. The van der Waals surface area contributed by atoms with Crippen molar-refractivity contribution in [1.29, 1.82) is 0 Å². The number of thioether (sulfide) groups is 1. The summed E-state index contributed by atoms with van der Waals surface area (Å²) in [5, 5.41) is 25.1. The second kappa shape index (κ2) is 12.9. The molecular formula is C16H28N4O7S. The Kier molecular flexibility index (Phi) is 11.9. The van der Waals surface area contributed by atoms with Crippen molar-refractivity contribution in [3.63, 3.8) is 0 Å². The molecule has 0 aliphatic heterocycles. The Balaban J connectivity index is 5.32. The largest absolute Gasteiger partial charge is 0.481 e. The van der Waals surface area contributed by atoms with Crippen molar-refractivity contribution in [1.82, 2.24) is 16.0 Å². The SMILES string of the molecule is CSCCC(NC(=O)CN)C(=O)NC(CC(=O)O)C(=O)NC(C(=O)O)C(C)C. The lowest BCUT2D eigenvalue weighted by molar-refractivity contribution is -0.144. The highest BCUT2D eigenvalue weighted by molar-refractivity contribution is 7.98. The maximum atomic E-state index is 12.5. The molecule has 3 unspecified atom stereocenters. The molecule has 0 aromatic carbocycles. The molecule has 12 heteroatoms. The van der Waals surface area contributed by atoms with Gasteiger partial charge in [0.05, 0.1) is 13.0 Å². The minimum absolute atomic E-state index is 0.240. The lowest BCUT2D eigenvalue weighted by atomic mass is 10.0. The van der Waals surface area contributed by atoms with Gasteiger partial charge in [0.25, 0.3) is 0 Å². The van der Waals surface area contributed by atoms with Crippen molar-refractivity contribution < 1.29 is 34.2 Å². The van der Waals surface area contributed by atoms with E-state index in [2.05, 4.69) is 16.0 Å². The third-order valence-electron chi connectivity index (χ3n) is 3.69. The minimum Gasteiger partial charge on any atom is -0.481 e. The fraction of sp³-hybridized carbons (Fsp3) is 0.688. The Bertz CT molecular complexity index is 585. The van der Waals surface area contributed by atoms with Gasteiger partial charge in [-0.15, -0.1) is 0 Å². The molecule has 28 heavy (non-hydrogen) atoms. The highest BCUT2D eigenvalue weighted by Crippen LogP contribution is 2.05. The third kappa shape index (κ3) is 9.55. The molecule has 0 aliphatic carbocycles. The summed E-state index contributed by atoms with van der Waals surface area (Å²) in [5.74, 6) is -4.85. The van der Waals surface area contributed by atoms with Gasteiger partial charge in [-0.2, -0.15) is 11.8 Å². The van der Waals surface area contributed by atoms with Crippen LogP contribution in [0.2, 0.25) is 0 Å². The molecule has 0 aliphatic rings. The number of hydrogen-bond acceptors (Lipinski definition) is 7. The van der Waals surface area contributed by atoms with Gasteiger partial charge in [-0.3, -0.25) is 19.2 Å². The molecule has 11 nitrogen and oxygen atoms in total. The van der Waals surface area contributed by atoms with Crippen LogP contribution < -0.4 is 21.7 Å². The van der Waals surface area contributed by atoms with Gasteiger partial charge in [0.15, 0.2) is 0 Å². The number of nitrogens with two attached hydrogens (primary N) is 1. The number of carbonyl (C=O) groups excluding carboxylic acids is 3. The molecule has 0 aromatic heterocycles. The Morgan fingerprint density at radius 1 is 0.964 bits per heavy atom. The highest BCUT2D eigenvalue weighted by Gasteiger charge is 2.31. The van der Waals surface area contributed by atoms with Crippen LogP contribution in [0.5, 0.6) is 0 Å². The fourth-order valence-corrected chi connectivity index (χ4v) is 2.65. The van der Waals surface area contributed by atoms with Crippen LogP contribution in [0.25, 0.3) is 0 Å². The molecule has 0 spiro atoms. The predicted octanol–water partition coefficient (Wildman–Crippen LogP) is -1.63. The number of hydrogen-bond donors (Lipinski definition) is 6. The Morgan fingerprint density at radius 2 is 1.54 bits per heavy atom. The first kappa shape index (κ1) is 25.7. The van der Waals surface area contributed by atoms with Crippen molar-refractivity contribution in [3.8, 4) is 0 Å². The van der Waals surface area contributed by atoms with E-state index in [4.69, 9.17) is 15.9 Å². The van der Waals surface area contributed by atoms with E-state index in [0.717, 1.165) is 0 Å². The van der Waals surface area contributed by atoms with Crippen molar-refractivity contribution in [3.05, 3.63) is 0 Å². The van der Waals surface area contributed by atoms with E-state index < -0.39 is 60.1 Å². The van der Waals surface area contributed by atoms with Crippen molar-refractivity contribution in [2.24, 2.45) is 11.7 Å². The summed E-state index contributed by atoms with van der Waals surface area (Å²) in [6, 6.07) is -3.75. The van der Waals surface area contributed by atoms with Gasteiger partial charge in [0.2, 0.25) is 17.7 Å². The maximum Gasteiger partial charge on any atom is 0.326 e. The molecule has 3 atom stereocenters. The fourth-order valence-electron chi connectivity index (χ4n) is 2.18. The van der Waals surface area contributed by atoms with E-state index in [9.17, 15) is 24.0 Å². The average molecular weight is 420 g/mol. The number of aliphatic carboxylic acids is 2. The van der Waals surface area contributed by atoms with Crippen LogP contribution in [-0.4, -0.2) is 76.6 Å². The van der Waals surface area contributed by atoms with Gasteiger partial charge in [-0.1, -0.05) is 13.8 Å². The molecule has 7 N–H and O–H groups in total. The zero-order chi connectivity index (χ0) is 21.9.